The first-order valence-corrected chi connectivity index (χ1v) is 8.73. The molecule has 0 fully saturated rings. The summed E-state index contributed by atoms with van der Waals surface area (Å²) in [6.45, 7) is 0. The Morgan fingerprint density at radius 2 is 2.28 bits per heavy atom. The first-order chi connectivity index (χ1) is 8.74. The molecule has 0 radical (unpaired) electrons. The van der Waals surface area contributed by atoms with Crippen molar-refractivity contribution in [3.05, 3.63) is 21.9 Å². The number of nitrogen functional groups attached to an aromatic ring is 1. The van der Waals surface area contributed by atoms with Crippen LogP contribution in [-0.4, -0.2) is 22.4 Å². The van der Waals surface area contributed by atoms with Gasteiger partial charge < -0.3 is 0 Å². The summed E-state index contributed by atoms with van der Waals surface area (Å²) in [5.41, 5.74) is 3.12. The molecule has 0 aromatic carbocycles. The fraction of sp³-hybridized carbons (Fsp3) is 0.222. The summed E-state index contributed by atoms with van der Waals surface area (Å²) in [7, 11) is 0. The van der Waals surface area contributed by atoms with Crippen LogP contribution in [0.25, 0.3) is 0 Å². The van der Waals surface area contributed by atoms with Crippen molar-refractivity contribution in [2.45, 2.75) is 14.4 Å². The van der Waals surface area contributed by atoms with Gasteiger partial charge in [0.25, 0.3) is 5.91 Å². The molecule has 0 bridgehead atoms. The van der Waals surface area contributed by atoms with Gasteiger partial charge in [-0.2, -0.15) is 0 Å². The summed E-state index contributed by atoms with van der Waals surface area (Å²) < 4.78 is 1.85. The number of hydrogen-bond donors (Lipinski definition) is 2. The van der Waals surface area contributed by atoms with Gasteiger partial charge in [-0.25, -0.2) is 5.84 Å². The molecule has 18 heavy (non-hydrogen) atoms. The van der Waals surface area contributed by atoms with E-state index < -0.39 is 0 Å². The largest absolute Gasteiger partial charge is 0.289 e. The molecule has 5 nitrogen and oxygen atoms in total. The summed E-state index contributed by atoms with van der Waals surface area (Å²) in [6.07, 6.45) is 1.97. The quantitative estimate of drug-likeness (QED) is 0.381. The second kappa shape index (κ2) is 6.53. The lowest BCUT2D eigenvalue weighted by Gasteiger charge is -2.00. The summed E-state index contributed by atoms with van der Waals surface area (Å²) in [5.74, 6) is 5.58. The highest BCUT2D eigenvalue weighted by molar-refractivity contribution is 8.02. The monoisotopic (exact) mass is 318 g/mol. The molecule has 0 aliphatic carbocycles. The minimum absolute atomic E-state index is 0.248. The lowest BCUT2D eigenvalue weighted by molar-refractivity contribution is 0.0957. The second-order valence-electron chi connectivity index (χ2n) is 3.08. The van der Waals surface area contributed by atoms with Crippen molar-refractivity contribution in [2.75, 3.05) is 6.26 Å². The summed E-state index contributed by atoms with van der Waals surface area (Å²) >= 11 is 6.09. The van der Waals surface area contributed by atoms with Gasteiger partial charge in [0.2, 0.25) is 0 Å². The Morgan fingerprint density at radius 1 is 1.50 bits per heavy atom. The highest BCUT2D eigenvalue weighted by Gasteiger charge is 2.13. The number of nitrogens with zero attached hydrogens (tertiary/aromatic N) is 2. The molecule has 0 saturated heterocycles. The van der Waals surface area contributed by atoms with E-state index in [1.54, 1.807) is 34.9 Å². The van der Waals surface area contributed by atoms with E-state index in [9.17, 15) is 4.79 Å². The molecule has 2 rings (SSSR count). The Balaban J connectivity index is 2.02. The summed E-state index contributed by atoms with van der Waals surface area (Å²) in [4.78, 5) is 12.1. The van der Waals surface area contributed by atoms with Gasteiger partial charge in [-0.1, -0.05) is 34.9 Å². The highest BCUT2D eigenvalue weighted by Crippen LogP contribution is 2.31. The minimum Gasteiger partial charge on any atom is -0.289 e. The number of nitrogens with one attached hydrogen (secondary N) is 1. The van der Waals surface area contributed by atoms with E-state index in [-0.39, 0.29) is 5.91 Å². The number of amides is 1. The van der Waals surface area contributed by atoms with Crippen LogP contribution >= 0.6 is 46.2 Å². The molecule has 1 amide bonds. The molecule has 0 aliphatic heterocycles. The summed E-state index contributed by atoms with van der Waals surface area (Å²) in [6, 6.07) is 1.93. The lowest BCUT2D eigenvalue weighted by atomic mass is 10.3. The Hall–Kier alpha value is -0.610. The van der Waals surface area contributed by atoms with Crippen molar-refractivity contribution in [1.82, 2.24) is 15.6 Å². The Kier molecular flexibility index (Phi) is 5.01. The molecular weight excluding hydrogens is 308 g/mol. The van der Waals surface area contributed by atoms with Gasteiger partial charge in [-0.15, -0.1) is 21.5 Å². The van der Waals surface area contributed by atoms with Crippen LogP contribution in [0.1, 0.15) is 15.2 Å². The second-order valence-corrected chi connectivity index (χ2v) is 7.24. The number of rotatable bonds is 5. The number of thiophene rings is 1. The molecule has 0 saturated carbocycles. The zero-order valence-corrected chi connectivity index (χ0v) is 12.6. The highest BCUT2D eigenvalue weighted by atomic mass is 32.2. The van der Waals surface area contributed by atoms with Crippen molar-refractivity contribution in [3.8, 4) is 0 Å². The number of hydrogen-bond acceptors (Lipinski definition) is 8. The van der Waals surface area contributed by atoms with Gasteiger partial charge in [0.1, 0.15) is 0 Å². The molecule has 2 aromatic rings. The van der Waals surface area contributed by atoms with Crippen molar-refractivity contribution < 1.29 is 4.79 Å². The van der Waals surface area contributed by atoms with E-state index >= 15 is 0 Å². The van der Waals surface area contributed by atoms with Crippen molar-refractivity contribution >= 4 is 52.1 Å². The fourth-order valence-corrected chi connectivity index (χ4v) is 4.54. The number of carbonyl (C=O) groups is 1. The molecule has 0 spiro atoms. The Labute approximate surface area is 121 Å². The fourth-order valence-electron chi connectivity index (χ4n) is 1.19. The van der Waals surface area contributed by atoms with Crippen LogP contribution in [0.2, 0.25) is 0 Å². The smallest absolute Gasteiger partial charge is 0.275 e. The number of hydrazine groups is 1. The Morgan fingerprint density at radius 3 is 2.94 bits per heavy atom. The SMILES string of the molecule is CSc1nnc(SCc2ccsc2C(=O)NN)s1. The molecule has 0 aliphatic rings. The van der Waals surface area contributed by atoms with Crippen molar-refractivity contribution in [1.29, 1.82) is 0 Å². The first-order valence-electron chi connectivity index (χ1n) is 4.82. The van der Waals surface area contributed by atoms with E-state index in [2.05, 4.69) is 15.6 Å². The van der Waals surface area contributed by atoms with Crippen LogP contribution in [0.5, 0.6) is 0 Å². The maximum atomic E-state index is 11.5. The minimum atomic E-state index is -0.248. The molecule has 2 aromatic heterocycles. The van der Waals surface area contributed by atoms with E-state index in [0.29, 0.717) is 10.6 Å². The first kappa shape index (κ1) is 13.8. The maximum absolute atomic E-state index is 11.5. The third-order valence-corrected chi connectivity index (χ3v) is 6.03. The van der Waals surface area contributed by atoms with E-state index in [1.807, 2.05) is 17.7 Å². The zero-order valence-electron chi connectivity index (χ0n) is 9.37. The molecular formula is C9H10N4OS4. The lowest BCUT2D eigenvalue weighted by Crippen LogP contribution is -2.29. The third kappa shape index (κ3) is 3.23. The predicted octanol–water partition coefficient (Wildman–Crippen LogP) is 2.22. The third-order valence-electron chi connectivity index (χ3n) is 2.00. The van der Waals surface area contributed by atoms with Crippen LogP contribution in [0, 0.1) is 0 Å². The average molecular weight is 318 g/mol. The normalized spacial score (nSPS) is 10.6. The molecule has 3 N–H and O–H groups in total. The topological polar surface area (TPSA) is 80.9 Å². The average Bonchev–Trinajstić information content (AvgIpc) is 3.03. The van der Waals surface area contributed by atoms with Crippen molar-refractivity contribution in [3.63, 3.8) is 0 Å². The van der Waals surface area contributed by atoms with Crippen LogP contribution in [0.3, 0.4) is 0 Å². The van der Waals surface area contributed by atoms with Gasteiger partial charge in [-0.05, 0) is 23.3 Å². The molecule has 0 atom stereocenters. The summed E-state index contributed by atoms with van der Waals surface area (Å²) in [5, 5.41) is 9.98. The standard InChI is InChI=1S/C9H10N4OS4/c1-15-8-12-13-9(18-8)17-4-5-2-3-16-6(5)7(14)11-10/h2-3H,4,10H2,1H3,(H,11,14). The molecule has 2 heterocycles. The van der Waals surface area contributed by atoms with Gasteiger partial charge in [-0.3, -0.25) is 10.2 Å². The molecule has 9 heteroatoms. The van der Waals surface area contributed by atoms with Gasteiger partial charge in [0.05, 0.1) is 4.88 Å². The molecule has 96 valence electrons. The van der Waals surface area contributed by atoms with Crippen LogP contribution in [-0.2, 0) is 5.75 Å². The van der Waals surface area contributed by atoms with E-state index in [4.69, 9.17) is 5.84 Å². The number of aromatic nitrogens is 2. The molecule has 0 unspecified atom stereocenters. The number of carbonyl (C=O) groups excluding carboxylic acids is 1. The van der Waals surface area contributed by atoms with Crippen LogP contribution in [0.4, 0.5) is 0 Å². The predicted molar refractivity (Wildman–Crippen MR) is 77.2 cm³/mol. The van der Waals surface area contributed by atoms with E-state index in [1.165, 1.54) is 11.3 Å². The van der Waals surface area contributed by atoms with Crippen molar-refractivity contribution in [2.24, 2.45) is 5.84 Å². The van der Waals surface area contributed by atoms with Gasteiger partial charge in [0.15, 0.2) is 8.68 Å². The number of thioether (sulfide) groups is 2. The number of nitrogens with two attached hydrogens (primary N) is 1. The Bertz CT molecular complexity index is 538. The zero-order chi connectivity index (χ0) is 13.0. The van der Waals surface area contributed by atoms with Gasteiger partial charge in [0, 0.05) is 5.75 Å². The maximum Gasteiger partial charge on any atom is 0.275 e. The van der Waals surface area contributed by atoms with E-state index in [0.717, 1.165) is 14.2 Å². The van der Waals surface area contributed by atoms with Crippen LogP contribution in [0.15, 0.2) is 20.1 Å². The van der Waals surface area contributed by atoms with Crippen LogP contribution < -0.4 is 11.3 Å². The van der Waals surface area contributed by atoms with Gasteiger partial charge >= 0.3 is 0 Å².